The van der Waals surface area contributed by atoms with E-state index in [-0.39, 0.29) is 12.4 Å². The molecule has 114 valence electrons. The maximum Gasteiger partial charge on any atom is 0.137 e. The average Bonchev–Trinajstić information content (AvgIpc) is 3.14. The summed E-state index contributed by atoms with van der Waals surface area (Å²) in [5.41, 5.74) is 4.20. The Morgan fingerprint density at radius 3 is 3.10 bits per heavy atom. The van der Waals surface area contributed by atoms with Gasteiger partial charge < -0.3 is 9.72 Å². The molecule has 1 N–H and O–H groups in total. The van der Waals surface area contributed by atoms with Crippen LogP contribution in [0.2, 0.25) is 0 Å². The molecule has 2 aliphatic heterocycles. The highest BCUT2D eigenvalue weighted by molar-refractivity contribution is 5.85. The lowest BCUT2D eigenvalue weighted by Crippen LogP contribution is -2.29. The number of pyridine rings is 1. The van der Waals surface area contributed by atoms with Gasteiger partial charge >= 0.3 is 0 Å². The van der Waals surface area contributed by atoms with Crippen LogP contribution >= 0.6 is 12.4 Å². The van der Waals surface area contributed by atoms with Gasteiger partial charge in [0.15, 0.2) is 0 Å². The van der Waals surface area contributed by atoms with Crippen molar-refractivity contribution in [2.45, 2.75) is 26.3 Å². The lowest BCUT2D eigenvalue weighted by atomic mass is 9.87. The summed E-state index contributed by atoms with van der Waals surface area (Å²) in [6.45, 7) is 8.00. The van der Waals surface area contributed by atoms with Crippen molar-refractivity contribution >= 4 is 18.1 Å². The molecule has 0 saturated carbocycles. The number of aromatic nitrogens is 2. The lowest BCUT2D eigenvalue weighted by molar-refractivity contribution is 0.266. The van der Waals surface area contributed by atoms with Gasteiger partial charge in [0, 0.05) is 25.8 Å². The van der Waals surface area contributed by atoms with Gasteiger partial charge in [-0.1, -0.05) is 0 Å². The third kappa shape index (κ3) is 2.68. The maximum atomic E-state index is 4.53. The van der Waals surface area contributed by atoms with Crippen LogP contribution in [0.5, 0.6) is 0 Å². The van der Waals surface area contributed by atoms with Gasteiger partial charge in [-0.05, 0) is 56.0 Å². The number of halogens is 1. The fourth-order valence-electron chi connectivity index (χ4n) is 3.79. The number of nitrogens with zero attached hydrogens (tertiary/aromatic N) is 3. The minimum atomic E-state index is 0. The van der Waals surface area contributed by atoms with Crippen LogP contribution in [0.15, 0.2) is 24.5 Å². The highest BCUT2D eigenvalue weighted by Crippen LogP contribution is 2.36. The molecule has 2 fully saturated rings. The summed E-state index contributed by atoms with van der Waals surface area (Å²) in [5.74, 6) is 0. The van der Waals surface area contributed by atoms with Crippen molar-refractivity contribution in [1.82, 2.24) is 19.6 Å². The normalized spacial score (nSPS) is 25.8. The molecule has 21 heavy (non-hydrogen) atoms. The number of hydrogen-bond acceptors (Lipinski definition) is 3. The molecule has 0 aromatic carbocycles. The molecule has 0 radical (unpaired) electrons. The molecule has 2 aliphatic rings. The first-order valence-corrected chi connectivity index (χ1v) is 7.60. The summed E-state index contributed by atoms with van der Waals surface area (Å²) in [7, 11) is 0. The van der Waals surface area contributed by atoms with Crippen LogP contribution in [0.1, 0.15) is 24.1 Å². The van der Waals surface area contributed by atoms with Crippen LogP contribution in [0.25, 0.3) is 5.65 Å². The summed E-state index contributed by atoms with van der Waals surface area (Å²) >= 11 is 0. The summed E-state index contributed by atoms with van der Waals surface area (Å²) in [6, 6.07) is 4.31. The Balaban J connectivity index is 0.00000132. The Morgan fingerprint density at radius 2 is 2.29 bits per heavy atom. The van der Waals surface area contributed by atoms with Crippen LogP contribution in [0, 0.1) is 12.3 Å². The minimum Gasteiger partial charge on any atom is -0.316 e. The lowest BCUT2D eigenvalue weighted by Gasteiger charge is -2.22. The Morgan fingerprint density at radius 1 is 1.38 bits per heavy atom. The Kier molecular flexibility index (Phi) is 3.95. The van der Waals surface area contributed by atoms with Crippen molar-refractivity contribution in [2.24, 2.45) is 5.41 Å². The van der Waals surface area contributed by atoms with Crippen LogP contribution in [-0.4, -0.2) is 40.5 Å². The Hall–Kier alpha value is -1.10. The topological polar surface area (TPSA) is 32.6 Å². The molecular formula is C16H23ClN4. The third-order valence-electron chi connectivity index (χ3n) is 4.98. The van der Waals surface area contributed by atoms with Crippen LogP contribution in [-0.2, 0) is 6.54 Å². The van der Waals surface area contributed by atoms with Crippen molar-refractivity contribution < 1.29 is 0 Å². The fraction of sp³-hybridized carbons (Fsp3) is 0.562. The van der Waals surface area contributed by atoms with E-state index in [0.29, 0.717) is 5.41 Å². The maximum absolute atomic E-state index is 4.53. The van der Waals surface area contributed by atoms with E-state index in [1.54, 1.807) is 0 Å². The zero-order chi connectivity index (χ0) is 13.6. The highest BCUT2D eigenvalue weighted by Gasteiger charge is 2.40. The van der Waals surface area contributed by atoms with E-state index >= 15 is 0 Å². The van der Waals surface area contributed by atoms with Gasteiger partial charge in [-0.3, -0.25) is 4.90 Å². The predicted octanol–water partition coefficient (Wildman–Crippen LogP) is 2.25. The number of fused-ring (bicyclic) bond motifs is 1. The van der Waals surface area contributed by atoms with Gasteiger partial charge in [-0.2, -0.15) is 0 Å². The van der Waals surface area contributed by atoms with E-state index in [1.807, 2.05) is 6.20 Å². The molecular weight excluding hydrogens is 284 g/mol. The molecule has 2 saturated heterocycles. The van der Waals surface area contributed by atoms with Crippen molar-refractivity contribution in [1.29, 1.82) is 0 Å². The first kappa shape index (κ1) is 14.8. The standard InChI is InChI=1S/C16H22N4.ClH/c1-13-2-6-20-14(9-18-15(20)8-13)10-19-7-4-16(12-19)3-5-17-11-16;/h2,6,8-9,17H,3-5,7,10-12H2,1H3;1H. The van der Waals surface area contributed by atoms with Crippen molar-refractivity contribution in [3.63, 3.8) is 0 Å². The van der Waals surface area contributed by atoms with Gasteiger partial charge in [0.1, 0.15) is 5.65 Å². The number of rotatable bonds is 2. The number of hydrogen-bond donors (Lipinski definition) is 1. The van der Waals surface area contributed by atoms with Crippen molar-refractivity contribution in [2.75, 3.05) is 26.2 Å². The molecule has 4 rings (SSSR count). The molecule has 2 aromatic heterocycles. The molecule has 0 amide bonds. The summed E-state index contributed by atoms with van der Waals surface area (Å²) in [6.07, 6.45) is 6.87. The molecule has 5 heteroatoms. The molecule has 2 aromatic rings. The first-order chi connectivity index (χ1) is 9.74. The summed E-state index contributed by atoms with van der Waals surface area (Å²) < 4.78 is 2.23. The second-order valence-electron chi connectivity index (χ2n) is 6.57. The summed E-state index contributed by atoms with van der Waals surface area (Å²) in [5, 5.41) is 3.53. The number of imidazole rings is 1. The molecule has 1 atom stereocenters. The van der Waals surface area contributed by atoms with E-state index in [1.165, 1.54) is 50.3 Å². The van der Waals surface area contributed by atoms with E-state index in [2.05, 4.69) is 44.9 Å². The van der Waals surface area contributed by atoms with Crippen molar-refractivity contribution in [3.8, 4) is 0 Å². The van der Waals surface area contributed by atoms with Gasteiger partial charge in [0.05, 0.1) is 11.9 Å². The zero-order valence-electron chi connectivity index (χ0n) is 12.5. The van der Waals surface area contributed by atoms with Crippen molar-refractivity contribution in [3.05, 3.63) is 35.8 Å². The summed E-state index contributed by atoms with van der Waals surface area (Å²) in [4.78, 5) is 7.13. The smallest absolute Gasteiger partial charge is 0.137 e. The number of nitrogens with one attached hydrogen (secondary N) is 1. The quantitative estimate of drug-likeness (QED) is 0.924. The van der Waals surface area contributed by atoms with Crippen LogP contribution in [0.4, 0.5) is 0 Å². The minimum absolute atomic E-state index is 0. The Labute approximate surface area is 132 Å². The van der Waals surface area contributed by atoms with Crippen LogP contribution in [0.3, 0.4) is 0 Å². The SMILES string of the molecule is Cc1ccn2c(CN3CCC4(CCNC4)C3)cnc2c1.Cl. The zero-order valence-corrected chi connectivity index (χ0v) is 13.3. The molecule has 4 nitrogen and oxygen atoms in total. The molecule has 4 heterocycles. The molecule has 1 spiro atoms. The number of aryl methyl sites for hydroxylation is 1. The molecule has 1 unspecified atom stereocenters. The van der Waals surface area contributed by atoms with Gasteiger partial charge in [-0.25, -0.2) is 4.98 Å². The largest absolute Gasteiger partial charge is 0.316 e. The highest BCUT2D eigenvalue weighted by atomic mass is 35.5. The average molecular weight is 307 g/mol. The fourth-order valence-corrected chi connectivity index (χ4v) is 3.79. The second kappa shape index (κ2) is 5.59. The monoisotopic (exact) mass is 306 g/mol. The predicted molar refractivity (Wildman–Crippen MR) is 87.0 cm³/mol. The van der Waals surface area contributed by atoms with Crippen LogP contribution < -0.4 is 5.32 Å². The molecule has 0 bridgehead atoms. The van der Waals surface area contributed by atoms with E-state index < -0.39 is 0 Å². The van der Waals surface area contributed by atoms with E-state index in [4.69, 9.17) is 0 Å². The second-order valence-corrected chi connectivity index (χ2v) is 6.57. The third-order valence-corrected chi connectivity index (χ3v) is 4.98. The van der Waals surface area contributed by atoms with Gasteiger partial charge in [-0.15, -0.1) is 12.4 Å². The van der Waals surface area contributed by atoms with E-state index in [0.717, 1.165) is 12.2 Å². The first-order valence-electron chi connectivity index (χ1n) is 7.60. The molecule has 0 aliphatic carbocycles. The van der Waals surface area contributed by atoms with Gasteiger partial charge in [0.25, 0.3) is 0 Å². The van der Waals surface area contributed by atoms with Gasteiger partial charge in [0.2, 0.25) is 0 Å². The Bertz CT molecular complexity index is 630. The number of likely N-dealkylation sites (tertiary alicyclic amines) is 1. The van der Waals surface area contributed by atoms with E-state index in [9.17, 15) is 0 Å².